The van der Waals surface area contributed by atoms with Crippen LogP contribution in [-0.4, -0.2) is 63.6 Å². The Morgan fingerprint density at radius 3 is 1.48 bits per heavy atom. The summed E-state index contributed by atoms with van der Waals surface area (Å²) in [4.78, 5) is 29.1. The molecule has 0 bridgehead atoms. The number of aliphatic hydroxyl groups is 1. The van der Waals surface area contributed by atoms with Gasteiger partial charge in [-0.3, -0.25) is 14.4 Å². The summed E-state index contributed by atoms with van der Waals surface area (Å²) in [6, 6.07) is -1.82. The minimum Gasteiger partial charge on any atom is -0.480 e. The first-order valence-electron chi connectivity index (χ1n) is 6.04. The molecular formula is C11H25N3O7. The molecule has 0 aliphatic rings. The van der Waals surface area contributed by atoms with Gasteiger partial charge in [0.25, 0.3) is 0 Å². The molecule has 21 heavy (non-hydrogen) atoms. The lowest BCUT2D eigenvalue weighted by Gasteiger charge is -2.11. The lowest BCUT2D eigenvalue weighted by molar-refractivity contribution is -0.140. The first-order chi connectivity index (χ1) is 9.54. The smallest absolute Gasteiger partial charge is 0.322 e. The Labute approximate surface area is 122 Å². The van der Waals surface area contributed by atoms with Crippen LogP contribution in [0.5, 0.6) is 0 Å². The van der Waals surface area contributed by atoms with Crippen molar-refractivity contribution in [1.82, 2.24) is 0 Å². The highest BCUT2D eigenvalue weighted by Crippen LogP contribution is 2.04. The van der Waals surface area contributed by atoms with Crippen molar-refractivity contribution in [3.63, 3.8) is 0 Å². The van der Waals surface area contributed by atoms with Gasteiger partial charge in [0.2, 0.25) is 0 Å². The Hall–Kier alpha value is -1.75. The van der Waals surface area contributed by atoms with Gasteiger partial charge in [0.15, 0.2) is 0 Å². The van der Waals surface area contributed by atoms with Crippen LogP contribution in [0.3, 0.4) is 0 Å². The summed E-state index contributed by atoms with van der Waals surface area (Å²) in [5, 5.41) is 31.9. The van der Waals surface area contributed by atoms with E-state index in [1.807, 2.05) is 13.8 Å². The van der Waals surface area contributed by atoms with Crippen molar-refractivity contribution in [2.45, 2.75) is 32.4 Å². The highest BCUT2D eigenvalue weighted by Gasteiger charge is 2.17. The third-order valence-corrected chi connectivity index (χ3v) is 2.23. The van der Waals surface area contributed by atoms with Gasteiger partial charge in [0.05, 0.1) is 13.2 Å². The maximum absolute atomic E-state index is 10.2. The van der Waals surface area contributed by atoms with Gasteiger partial charge in [0.1, 0.15) is 12.1 Å². The Balaban J connectivity index is -0.000000242. The first-order valence-corrected chi connectivity index (χ1v) is 6.04. The quantitative estimate of drug-likeness (QED) is 0.283. The standard InChI is InChI=1S/C6H13NO2.C3H7NO3.C2H5NO2/c1-3-4(2)5(7)6(8)9;4-2(1-5)3(6)7;3-1-2(4)5/h4-5H,3,7H2,1-2H3,(H,8,9);2,5H,1,4H2,(H,6,7);1,3H2,(H,4,5). The van der Waals surface area contributed by atoms with E-state index in [0.29, 0.717) is 0 Å². The molecule has 0 heterocycles. The number of nitrogens with two attached hydrogens (primary N) is 3. The number of carboxylic acids is 3. The summed E-state index contributed by atoms with van der Waals surface area (Å²) >= 11 is 0. The lowest BCUT2D eigenvalue weighted by Crippen LogP contribution is -2.36. The van der Waals surface area contributed by atoms with E-state index >= 15 is 0 Å². The molecule has 3 unspecified atom stereocenters. The van der Waals surface area contributed by atoms with E-state index in [9.17, 15) is 14.4 Å². The number of aliphatic carboxylic acids is 3. The van der Waals surface area contributed by atoms with Crippen LogP contribution < -0.4 is 17.2 Å². The molecule has 0 aliphatic heterocycles. The number of hydrogen-bond donors (Lipinski definition) is 7. The van der Waals surface area contributed by atoms with E-state index in [1.165, 1.54) is 0 Å². The number of carbonyl (C=O) groups is 3. The Bertz CT molecular complexity index is 312. The Morgan fingerprint density at radius 1 is 1.05 bits per heavy atom. The van der Waals surface area contributed by atoms with Crippen molar-refractivity contribution in [1.29, 1.82) is 0 Å². The fourth-order valence-electron chi connectivity index (χ4n) is 0.575. The molecule has 10 N–H and O–H groups in total. The normalized spacial score (nSPS) is 13.4. The average Bonchev–Trinajstić information content (AvgIpc) is 2.45. The zero-order chi connectivity index (χ0) is 17.6. The topological polar surface area (TPSA) is 210 Å². The van der Waals surface area contributed by atoms with Gasteiger partial charge in [0, 0.05) is 0 Å². The van der Waals surface area contributed by atoms with Crippen LogP contribution in [0.25, 0.3) is 0 Å². The molecule has 0 saturated heterocycles. The maximum atomic E-state index is 10.2. The highest BCUT2D eigenvalue weighted by atomic mass is 16.4. The number of aliphatic hydroxyl groups excluding tert-OH is 1. The van der Waals surface area contributed by atoms with Crippen LogP contribution in [0.15, 0.2) is 0 Å². The molecule has 0 aromatic heterocycles. The second kappa shape index (κ2) is 14.7. The molecule has 0 saturated carbocycles. The Morgan fingerprint density at radius 2 is 1.43 bits per heavy atom. The summed E-state index contributed by atoms with van der Waals surface area (Å²) < 4.78 is 0. The summed E-state index contributed by atoms with van der Waals surface area (Å²) in [5.41, 5.74) is 14.6. The second-order valence-corrected chi connectivity index (χ2v) is 3.97. The number of hydrogen-bond acceptors (Lipinski definition) is 7. The van der Waals surface area contributed by atoms with Crippen molar-refractivity contribution < 1.29 is 34.8 Å². The van der Waals surface area contributed by atoms with Gasteiger partial charge >= 0.3 is 17.9 Å². The summed E-state index contributed by atoms with van der Waals surface area (Å²) in [6.45, 7) is 2.97. The van der Waals surface area contributed by atoms with Gasteiger partial charge in [-0.25, -0.2) is 0 Å². The molecule has 126 valence electrons. The predicted molar refractivity (Wildman–Crippen MR) is 74.5 cm³/mol. The fourth-order valence-corrected chi connectivity index (χ4v) is 0.575. The van der Waals surface area contributed by atoms with Crippen LogP contribution >= 0.6 is 0 Å². The maximum Gasteiger partial charge on any atom is 0.322 e. The van der Waals surface area contributed by atoms with Crippen molar-refractivity contribution >= 4 is 17.9 Å². The minimum absolute atomic E-state index is 0.0718. The predicted octanol–water partition coefficient (Wildman–Crippen LogP) is -2.14. The van der Waals surface area contributed by atoms with E-state index in [4.69, 9.17) is 31.9 Å². The molecule has 0 aromatic carbocycles. The summed E-state index contributed by atoms with van der Waals surface area (Å²) in [7, 11) is 0. The Kier molecular flexibility index (Phi) is 16.9. The summed E-state index contributed by atoms with van der Waals surface area (Å²) in [5.74, 6) is -2.99. The van der Waals surface area contributed by atoms with E-state index < -0.39 is 36.6 Å². The van der Waals surface area contributed by atoms with Crippen molar-refractivity contribution in [3.05, 3.63) is 0 Å². The van der Waals surface area contributed by atoms with Gasteiger partial charge in [-0.05, 0) is 5.92 Å². The van der Waals surface area contributed by atoms with Crippen LogP contribution in [0, 0.1) is 5.92 Å². The van der Waals surface area contributed by atoms with Crippen LogP contribution in [0.1, 0.15) is 20.3 Å². The minimum atomic E-state index is -1.18. The second-order valence-electron chi connectivity index (χ2n) is 3.97. The lowest BCUT2D eigenvalue weighted by atomic mass is 10.0. The summed E-state index contributed by atoms with van der Waals surface area (Å²) in [6.07, 6.45) is 0.813. The first kappa shape index (κ1) is 24.3. The van der Waals surface area contributed by atoms with Crippen LogP contribution in [0.4, 0.5) is 0 Å². The molecule has 0 aliphatic carbocycles. The van der Waals surface area contributed by atoms with Crippen molar-refractivity contribution in [2.75, 3.05) is 13.2 Å². The fraction of sp³-hybridized carbons (Fsp3) is 0.727. The van der Waals surface area contributed by atoms with E-state index in [0.717, 1.165) is 6.42 Å². The molecule has 0 fully saturated rings. The molecule has 3 atom stereocenters. The zero-order valence-electron chi connectivity index (χ0n) is 12.1. The van der Waals surface area contributed by atoms with Gasteiger partial charge in [-0.1, -0.05) is 20.3 Å². The van der Waals surface area contributed by atoms with Crippen molar-refractivity contribution in [2.24, 2.45) is 23.1 Å². The molecule has 0 spiro atoms. The molecular weight excluding hydrogens is 286 g/mol. The monoisotopic (exact) mass is 311 g/mol. The van der Waals surface area contributed by atoms with Gasteiger partial charge < -0.3 is 37.6 Å². The van der Waals surface area contributed by atoms with E-state index in [-0.39, 0.29) is 12.5 Å². The average molecular weight is 311 g/mol. The van der Waals surface area contributed by atoms with Crippen molar-refractivity contribution in [3.8, 4) is 0 Å². The van der Waals surface area contributed by atoms with E-state index in [2.05, 4.69) is 5.73 Å². The van der Waals surface area contributed by atoms with Gasteiger partial charge in [-0.2, -0.15) is 0 Å². The number of carboxylic acid groups (broad SMARTS) is 3. The largest absolute Gasteiger partial charge is 0.480 e. The molecule has 10 nitrogen and oxygen atoms in total. The third kappa shape index (κ3) is 18.2. The highest BCUT2D eigenvalue weighted by molar-refractivity contribution is 5.73. The molecule has 0 radical (unpaired) electrons. The van der Waals surface area contributed by atoms with Gasteiger partial charge in [-0.15, -0.1) is 0 Å². The van der Waals surface area contributed by atoms with Crippen LogP contribution in [-0.2, 0) is 14.4 Å². The number of rotatable bonds is 6. The molecule has 0 aromatic rings. The third-order valence-electron chi connectivity index (χ3n) is 2.23. The molecule has 0 rings (SSSR count). The van der Waals surface area contributed by atoms with Crippen LogP contribution in [0.2, 0.25) is 0 Å². The zero-order valence-corrected chi connectivity index (χ0v) is 12.1. The SMILES string of the molecule is CCC(C)C(N)C(=O)O.NC(CO)C(=O)O.NCC(=O)O. The van der Waals surface area contributed by atoms with E-state index in [1.54, 1.807) is 0 Å². The molecule has 0 amide bonds. The molecule has 10 heteroatoms.